The van der Waals surface area contributed by atoms with Crippen molar-refractivity contribution in [2.45, 2.75) is 6.42 Å². The van der Waals surface area contributed by atoms with Crippen LogP contribution in [0.2, 0.25) is 0 Å². The minimum absolute atomic E-state index is 0.297. The van der Waals surface area contributed by atoms with E-state index in [2.05, 4.69) is 30.6 Å². The van der Waals surface area contributed by atoms with E-state index in [0.717, 1.165) is 21.7 Å². The Bertz CT molecular complexity index is 1310. The van der Waals surface area contributed by atoms with Crippen LogP contribution in [0.15, 0.2) is 76.9 Å². The molecule has 4 aromatic heterocycles. The number of hydrogen-bond donors (Lipinski definition) is 2. The predicted octanol–water partition coefficient (Wildman–Crippen LogP) is 4.43. The number of nitrogens with zero attached hydrogens (tertiary/aromatic N) is 4. The number of thiophene rings is 1. The van der Waals surface area contributed by atoms with E-state index >= 15 is 0 Å². The number of H-pyrrole nitrogens is 1. The van der Waals surface area contributed by atoms with Crippen molar-refractivity contribution in [2.24, 2.45) is 0 Å². The molecule has 8 nitrogen and oxygen atoms in total. The van der Waals surface area contributed by atoms with E-state index < -0.39 is 0 Å². The maximum absolute atomic E-state index is 12.7. The molecule has 0 fully saturated rings. The number of anilines is 1. The zero-order chi connectivity index (χ0) is 21.0. The summed E-state index contributed by atoms with van der Waals surface area (Å²) in [5, 5.41) is 16.0. The van der Waals surface area contributed by atoms with E-state index in [0.29, 0.717) is 29.5 Å². The van der Waals surface area contributed by atoms with E-state index in [1.807, 2.05) is 53.9 Å². The van der Waals surface area contributed by atoms with Crippen LogP contribution in [0.4, 0.5) is 5.69 Å². The quantitative estimate of drug-likeness (QED) is 0.414. The molecular formula is C22H16N6O2S. The Balaban J connectivity index is 1.33. The molecule has 0 saturated carbocycles. The number of aromatic nitrogens is 5. The molecule has 2 N–H and O–H groups in total. The third-order valence-electron chi connectivity index (χ3n) is 4.61. The fraction of sp³-hybridized carbons (Fsp3) is 0.0455. The number of rotatable bonds is 6. The average molecular weight is 428 g/mol. The van der Waals surface area contributed by atoms with Gasteiger partial charge in [0, 0.05) is 23.6 Å². The second-order valence-corrected chi connectivity index (χ2v) is 7.63. The Morgan fingerprint density at radius 2 is 1.97 bits per heavy atom. The number of para-hydroxylation sites is 1. The molecule has 5 aromatic rings. The summed E-state index contributed by atoms with van der Waals surface area (Å²) in [5.41, 5.74) is 3.47. The van der Waals surface area contributed by atoms with Gasteiger partial charge in [-0.15, -0.1) is 11.3 Å². The summed E-state index contributed by atoms with van der Waals surface area (Å²) < 4.78 is 5.40. The summed E-state index contributed by atoms with van der Waals surface area (Å²) in [4.78, 5) is 22.2. The first-order valence-electron chi connectivity index (χ1n) is 9.48. The van der Waals surface area contributed by atoms with Crippen molar-refractivity contribution in [3.8, 4) is 22.0 Å². The van der Waals surface area contributed by atoms with Gasteiger partial charge in [0.05, 0.1) is 17.0 Å². The molecule has 0 unspecified atom stereocenters. The molecule has 0 spiro atoms. The SMILES string of the molecule is O=C(Nc1ccccc1Cc1nc(-c2ccncc2)no1)c1cc(-c2cccs2)[nH]n1. The summed E-state index contributed by atoms with van der Waals surface area (Å²) in [6.45, 7) is 0. The summed E-state index contributed by atoms with van der Waals surface area (Å²) in [7, 11) is 0. The largest absolute Gasteiger partial charge is 0.339 e. The Hall–Kier alpha value is -4.11. The molecule has 0 bridgehead atoms. The Morgan fingerprint density at radius 1 is 1.10 bits per heavy atom. The number of carbonyl (C=O) groups excluding carboxylic acids is 1. The zero-order valence-electron chi connectivity index (χ0n) is 16.1. The van der Waals surface area contributed by atoms with Crippen LogP contribution in [0.3, 0.4) is 0 Å². The first-order chi connectivity index (χ1) is 15.3. The summed E-state index contributed by atoms with van der Waals surface area (Å²) in [6.07, 6.45) is 3.74. The van der Waals surface area contributed by atoms with Gasteiger partial charge in [0.1, 0.15) is 0 Å². The third kappa shape index (κ3) is 4.12. The van der Waals surface area contributed by atoms with Crippen molar-refractivity contribution in [1.82, 2.24) is 25.3 Å². The first-order valence-corrected chi connectivity index (χ1v) is 10.4. The number of aromatic amines is 1. The van der Waals surface area contributed by atoms with Crippen molar-refractivity contribution < 1.29 is 9.32 Å². The molecule has 0 aliphatic rings. The highest BCUT2D eigenvalue weighted by molar-refractivity contribution is 7.13. The van der Waals surface area contributed by atoms with Crippen LogP contribution in [0.1, 0.15) is 21.9 Å². The second-order valence-electron chi connectivity index (χ2n) is 6.68. The van der Waals surface area contributed by atoms with Crippen molar-refractivity contribution in [3.63, 3.8) is 0 Å². The topological polar surface area (TPSA) is 110 Å². The first kappa shape index (κ1) is 18.9. The van der Waals surface area contributed by atoms with Gasteiger partial charge in [-0.25, -0.2) is 0 Å². The second kappa shape index (κ2) is 8.33. The van der Waals surface area contributed by atoms with Gasteiger partial charge in [0.2, 0.25) is 11.7 Å². The van der Waals surface area contributed by atoms with Crippen LogP contribution in [-0.2, 0) is 6.42 Å². The lowest BCUT2D eigenvalue weighted by Gasteiger charge is -2.08. The highest BCUT2D eigenvalue weighted by atomic mass is 32.1. The Labute approximate surface area is 181 Å². The Morgan fingerprint density at radius 3 is 2.81 bits per heavy atom. The highest BCUT2D eigenvalue weighted by Gasteiger charge is 2.16. The van der Waals surface area contributed by atoms with Gasteiger partial charge in [-0.05, 0) is 41.3 Å². The fourth-order valence-electron chi connectivity index (χ4n) is 3.09. The van der Waals surface area contributed by atoms with E-state index in [9.17, 15) is 4.79 Å². The normalized spacial score (nSPS) is 10.8. The van der Waals surface area contributed by atoms with Crippen molar-refractivity contribution in [3.05, 3.63) is 89.5 Å². The molecular weight excluding hydrogens is 412 g/mol. The lowest BCUT2D eigenvalue weighted by molar-refractivity contribution is 0.102. The zero-order valence-corrected chi connectivity index (χ0v) is 17.0. The molecule has 152 valence electrons. The number of hydrogen-bond acceptors (Lipinski definition) is 7. The average Bonchev–Trinajstić information content (AvgIpc) is 3.57. The predicted molar refractivity (Wildman–Crippen MR) is 117 cm³/mol. The minimum atomic E-state index is -0.297. The number of amides is 1. The van der Waals surface area contributed by atoms with Gasteiger partial charge in [-0.1, -0.05) is 29.4 Å². The third-order valence-corrected chi connectivity index (χ3v) is 5.51. The van der Waals surface area contributed by atoms with Crippen LogP contribution < -0.4 is 5.32 Å². The van der Waals surface area contributed by atoms with Crippen molar-refractivity contribution in [2.75, 3.05) is 5.32 Å². The Kier molecular flexibility index (Phi) is 5.07. The van der Waals surface area contributed by atoms with Gasteiger partial charge < -0.3 is 9.84 Å². The number of carbonyl (C=O) groups is 1. The fourth-order valence-corrected chi connectivity index (χ4v) is 3.78. The van der Waals surface area contributed by atoms with E-state index in [1.54, 1.807) is 29.8 Å². The van der Waals surface area contributed by atoms with Gasteiger partial charge in [-0.2, -0.15) is 10.1 Å². The van der Waals surface area contributed by atoms with E-state index in [4.69, 9.17) is 4.52 Å². The number of nitrogens with one attached hydrogen (secondary N) is 2. The smallest absolute Gasteiger partial charge is 0.276 e. The van der Waals surface area contributed by atoms with E-state index in [1.165, 1.54) is 0 Å². The van der Waals surface area contributed by atoms with Crippen LogP contribution in [-0.4, -0.2) is 31.2 Å². The number of benzene rings is 1. The standard InChI is InChI=1S/C22H16N6O2S/c29-22(18-13-17(26-27-18)19-6-3-11-31-19)24-16-5-2-1-4-15(16)12-20-25-21(28-30-20)14-7-9-23-10-8-14/h1-11,13H,12H2,(H,24,29)(H,26,27). The molecule has 0 radical (unpaired) electrons. The number of pyridine rings is 1. The lowest BCUT2D eigenvalue weighted by Crippen LogP contribution is -2.14. The highest BCUT2D eigenvalue weighted by Crippen LogP contribution is 2.24. The molecule has 0 saturated heterocycles. The molecule has 1 amide bonds. The van der Waals surface area contributed by atoms with Crippen LogP contribution in [0, 0.1) is 0 Å². The van der Waals surface area contributed by atoms with Crippen LogP contribution in [0.25, 0.3) is 22.0 Å². The lowest BCUT2D eigenvalue weighted by atomic mass is 10.1. The molecule has 5 rings (SSSR count). The monoisotopic (exact) mass is 428 g/mol. The van der Waals surface area contributed by atoms with Crippen molar-refractivity contribution >= 4 is 22.9 Å². The van der Waals surface area contributed by atoms with Crippen LogP contribution >= 0.6 is 11.3 Å². The molecule has 31 heavy (non-hydrogen) atoms. The summed E-state index contributed by atoms with van der Waals surface area (Å²) in [6, 6.07) is 16.8. The molecule has 1 aromatic carbocycles. The van der Waals surface area contributed by atoms with Gasteiger partial charge in [-0.3, -0.25) is 14.9 Å². The molecule has 9 heteroatoms. The van der Waals surface area contributed by atoms with Gasteiger partial charge >= 0.3 is 0 Å². The van der Waals surface area contributed by atoms with E-state index in [-0.39, 0.29) is 5.91 Å². The molecule has 0 atom stereocenters. The molecule has 0 aliphatic heterocycles. The van der Waals surface area contributed by atoms with Gasteiger partial charge in [0.25, 0.3) is 5.91 Å². The van der Waals surface area contributed by atoms with Gasteiger partial charge in [0.15, 0.2) is 5.69 Å². The molecule has 0 aliphatic carbocycles. The maximum Gasteiger partial charge on any atom is 0.276 e. The summed E-state index contributed by atoms with van der Waals surface area (Å²) in [5.74, 6) is 0.652. The molecule has 4 heterocycles. The van der Waals surface area contributed by atoms with Crippen molar-refractivity contribution in [1.29, 1.82) is 0 Å². The maximum atomic E-state index is 12.7. The minimum Gasteiger partial charge on any atom is -0.339 e. The summed E-state index contributed by atoms with van der Waals surface area (Å²) >= 11 is 1.58. The van der Waals surface area contributed by atoms with Crippen LogP contribution in [0.5, 0.6) is 0 Å².